The van der Waals surface area contributed by atoms with Crippen molar-refractivity contribution in [1.82, 2.24) is 16.0 Å². The van der Waals surface area contributed by atoms with Gasteiger partial charge in [-0.05, 0) is 60.4 Å². The van der Waals surface area contributed by atoms with Gasteiger partial charge in [-0.2, -0.15) is 0 Å². The molecule has 89 heavy (non-hydrogen) atoms. The number of benzene rings is 4. The Morgan fingerprint density at radius 1 is 0.753 bits per heavy atom. The molecule has 2 heterocycles. The van der Waals surface area contributed by atoms with Gasteiger partial charge >= 0.3 is 29.8 Å². The number of hydrogen-bond acceptors (Lipinski definition) is 18. The van der Waals surface area contributed by atoms with Gasteiger partial charge in [0, 0.05) is 68.9 Å². The SMILES string of the molecule is CCC(NC(=O)c1ccccc1)[C@@H](OC(=O)CCC(=O)NCC(=O)NCCC(=O)N1Cc2ccccc2/C=C\c2ccccc21)C(=O)O[C@H]1CC2(O)[C@@H](OC(=O)c3ccccc3)[C@@H]3[C@]4(OC(C)=O)CO[C@@H]4C[C@H](O)[C@@]3(C)C(=O)[C@H](OC(C)=O)C(C1C)C2(C)C. The second kappa shape index (κ2) is 26.6. The van der Waals surface area contributed by atoms with Crippen LogP contribution in [-0.2, 0) is 73.3 Å². The van der Waals surface area contributed by atoms with Gasteiger partial charge < -0.3 is 59.5 Å². The van der Waals surface area contributed by atoms with E-state index in [-0.39, 0.29) is 49.4 Å². The van der Waals surface area contributed by atoms with Gasteiger partial charge in [0.2, 0.25) is 23.8 Å². The fourth-order valence-electron chi connectivity index (χ4n) is 13.9. The van der Waals surface area contributed by atoms with Gasteiger partial charge in [-0.1, -0.05) is 119 Å². The standard InChI is InChI=1S/C67H76N4O18/c1-8-46(70-61(80)43-21-11-9-12-22-43)56(87-54(78)30-29-51(75)69-35-52(76)68-32-31-53(77)71-36-45-25-16-15-19-41(45)27-28-42-20-17-18-26-47(42)71)63(82)86-48-34-67(83)60(88-62(81)44-23-13-10-14-24-44)58-65(7,49(74)33-50-66(58,37-84-50)89-40(4)73)59(79)57(85-39(3)72)55(38(48)2)64(67,5)6/h9-28,38,46,48-50,55-58,60,74,83H,8,29-37H2,1-7H3,(H,68,76)(H,69,75)(H,70,80)/b28-27-/t38?,46?,48-,49-,50+,55?,56+,57+,58-,60-,65+,66-,67?/m0/s1. The van der Waals surface area contributed by atoms with Crippen molar-refractivity contribution >= 4 is 77.1 Å². The molecule has 13 atom stereocenters. The number of ether oxygens (including phenoxy) is 6. The minimum Gasteiger partial charge on any atom is -0.459 e. The van der Waals surface area contributed by atoms with Crippen LogP contribution >= 0.6 is 0 Å². The lowest BCUT2D eigenvalue weighted by molar-refractivity contribution is -0.355. The number of carbonyl (C=O) groups is 10. The minimum atomic E-state index is -2.46. The molecule has 0 spiro atoms. The molecule has 3 saturated carbocycles. The number of fused-ring (bicyclic) bond motifs is 7. The van der Waals surface area contributed by atoms with Crippen LogP contribution in [-0.4, -0.2) is 143 Å². The largest absolute Gasteiger partial charge is 0.459 e. The van der Waals surface area contributed by atoms with E-state index in [1.807, 2.05) is 60.7 Å². The molecular weight excluding hydrogens is 1150 g/mol. The van der Waals surface area contributed by atoms with Gasteiger partial charge in [0.05, 0.1) is 60.8 Å². The van der Waals surface area contributed by atoms with E-state index in [0.29, 0.717) is 12.2 Å². The number of Topliss-reactive ketones (excluding diaryl/α,β-unsaturated/α-hetero) is 1. The number of anilines is 1. The zero-order valence-corrected chi connectivity index (χ0v) is 50.8. The number of esters is 5. The van der Waals surface area contributed by atoms with Crippen LogP contribution in [0.5, 0.6) is 0 Å². The number of para-hydroxylation sites is 1. The van der Waals surface area contributed by atoms with Crippen molar-refractivity contribution in [2.24, 2.45) is 28.6 Å². The summed E-state index contributed by atoms with van der Waals surface area (Å²) in [4.78, 5) is 141. The van der Waals surface area contributed by atoms with Crippen LogP contribution < -0.4 is 20.9 Å². The first-order valence-electron chi connectivity index (χ1n) is 30.0. The molecule has 2 bridgehead atoms. The van der Waals surface area contributed by atoms with Crippen LogP contribution in [0.15, 0.2) is 109 Å². The average molecular weight is 1230 g/mol. The molecular formula is C67H76N4O18. The van der Waals surface area contributed by atoms with Crippen LogP contribution in [0.2, 0.25) is 0 Å². The Labute approximate surface area is 515 Å². The molecule has 472 valence electrons. The predicted octanol–water partition coefficient (Wildman–Crippen LogP) is 5.38. The van der Waals surface area contributed by atoms with Crippen LogP contribution in [0, 0.1) is 28.6 Å². The lowest BCUT2D eigenvalue weighted by atomic mass is 9.42. The summed E-state index contributed by atoms with van der Waals surface area (Å²) < 4.78 is 36.8. The van der Waals surface area contributed by atoms with Crippen molar-refractivity contribution in [3.63, 3.8) is 0 Å². The van der Waals surface area contributed by atoms with Crippen molar-refractivity contribution in [2.45, 2.75) is 147 Å². The molecule has 1 saturated heterocycles. The Morgan fingerprint density at radius 2 is 1.39 bits per heavy atom. The summed E-state index contributed by atoms with van der Waals surface area (Å²) in [6.07, 6.45) is -8.05. The van der Waals surface area contributed by atoms with E-state index in [1.165, 1.54) is 31.2 Å². The smallest absolute Gasteiger partial charge is 0.349 e. The maximum absolute atomic E-state index is 15.8. The van der Waals surface area contributed by atoms with Gasteiger partial charge in [-0.15, -0.1) is 0 Å². The lowest BCUT2D eigenvalue weighted by Crippen LogP contribution is -2.83. The Balaban J connectivity index is 0.947. The summed E-state index contributed by atoms with van der Waals surface area (Å²) in [5.41, 5.74) is -4.39. The number of rotatable bonds is 19. The molecule has 3 aliphatic carbocycles. The quantitative estimate of drug-likeness (QED) is 0.0581. The number of ketones is 1. The molecule has 4 fully saturated rings. The first-order chi connectivity index (χ1) is 42.3. The molecule has 2 aliphatic heterocycles. The Bertz CT molecular complexity index is 3410. The van der Waals surface area contributed by atoms with E-state index < -0.39 is 162 Å². The topological polar surface area (TPSA) is 306 Å². The minimum absolute atomic E-state index is 0.0249. The summed E-state index contributed by atoms with van der Waals surface area (Å²) in [5, 5.41) is 34.1. The van der Waals surface area contributed by atoms with Crippen molar-refractivity contribution in [3.8, 4) is 0 Å². The van der Waals surface area contributed by atoms with Gasteiger partial charge in [-0.3, -0.25) is 38.4 Å². The summed E-state index contributed by atoms with van der Waals surface area (Å²) in [6.45, 7) is 9.32. The number of nitrogens with zero attached hydrogens (tertiary/aromatic N) is 1. The van der Waals surface area contributed by atoms with E-state index in [9.17, 15) is 48.6 Å². The van der Waals surface area contributed by atoms with E-state index >= 15 is 9.59 Å². The Kier molecular flexibility index (Phi) is 19.4. The van der Waals surface area contributed by atoms with E-state index in [0.717, 1.165) is 30.5 Å². The van der Waals surface area contributed by atoms with Crippen LogP contribution in [0.3, 0.4) is 0 Å². The highest BCUT2D eigenvalue weighted by atomic mass is 16.6. The summed E-state index contributed by atoms with van der Waals surface area (Å²) in [7, 11) is 0. The van der Waals surface area contributed by atoms with Crippen LogP contribution in [0.25, 0.3) is 12.2 Å². The summed E-state index contributed by atoms with van der Waals surface area (Å²) in [6, 6.07) is 29.6. The molecule has 5 N–H and O–H groups in total. The summed E-state index contributed by atoms with van der Waals surface area (Å²) >= 11 is 0. The van der Waals surface area contributed by atoms with Crippen molar-refractivity contribution < 1.29 is 86.6 Å². The van der Waals surface area contributed by atoms with Crippen molar-refractivity contribution in [1.29, 1.82) is 0 Å². The van der Waals surface area contributed by atoms with Gasteiger partial charge in [0.15, 0.2) is 17.5 Å². The number of aliphatic hydroxyl groups is 2. The van der Waals surface area contributed by atoms with E-state index in [1.54, 1.807) is 69.0 Å². The average Bonchev–Trinajstić information content (AvgIpc) is 0.671. The third-order valence-corrected chi connectivity index (χ3v) is 18.7. The van der Waals surface area contributed by atoms with Gasteiger partial charge in [0.25, 0.3) is 5.91 Å². The van der Waals surface area contributed by atoms with Crippen LogP contribution in [0.1, 0.15) is 124 Å². The molecule has 0 aromatic heterocycles. The second-order valence-electron chi connectivity index (χ2n) is 24.4. The van der Waals surface area contributed by atoms with E-state index in [2.05, 4.69) is 16.0 Å². The van der Waals surface area contributed by atoms with Crippen LogP contribution in [0.4, 0.5) is 5.69 Å². The van der Waals surface area contributed by atoms with Crippen molar-refractivity contribution in [2.75, 3.05) is 24.6 Å². The number of amides is 4. The zero-order chi connectivity index (χ0) is 64.2. The molecule has 22 nitrogen and oxygen atoms in total. The Morgan fingerprint density at radius 3 is 2.04 bits per heavy atom. The van der Waals surface area contributed by atoms with Gasteiger partial charge in [-0.25, -0.2) is 9.59 Å². The monoisotopic (exact) mass is 1220 g/mol. The number of carbonyl (C=O) groups excluding carboxylic acids is 10. The normalized spacial score (nSPS) is 28.1. The molecule has 4 aromatic carbocycles. The number of aliphatic hydroxyl groups excluding tert-OH is 1. The number of nitrogens with one attached hydrogen (secondary N) is 3. The third-order valence-electron chi connectivity index (χ3n) is 18.7. The Hall–Kier alpha value is -8.60. The number of hydrogen-bond donors (Lipinski definition) is 5. The molecule has 9 rings (SSSR count). The third kappa shape index (κ3) is 13.0. The molecule has 22 heteroatoms. The van der Waals surface area contributed by atoms with E-state index in [4.69, 9.17) is 28.4 Å². The fourth-order valence-corrected chi connectivity index (χ4v) is 13.9. The molecule has 4 aromatic rings. The second-order valence-corrected chi connectivity index (χ2v) is 24.4. The first kappa shape index (κ1) is 64.9. The molecule has 5 aliphatic rings. The molecule has 0 radical (unpaired) electrons. The first-order valence-corrected chi connectivity index (χ1v) is 30.0. The molecule has 4 amide bonds. The maximum Gasteiger partial charge on any atom is 0.349 e. The predicted molar refractivity (Wildman–Crippen MR) is 319 cm³/mol. The maximum atomic E-state index is 15.8. The highest BCUT2D eigenvalue weighted by Gasteiger charge is 2.79. The highest BCUT2D eigenvalue weighted by molar-refractivity contribution is 5.98. The van der Waals surface area contributed by atoms with Gasteiger partial charge in [0.1, 0.15) is 23.9 Å². The van der Waals surface area contributed by atoms with Crippen molar-refractivity contribution in [3.05, 3.63) is 137 Å². The fraction of sp³-hybridized carbons (Fsp3) is 0.463. The molecule has 4 unspecified atom stereocenters. The highest BCUT2D eigenvalue weighted by Crippen LogP contribution is 2.65. The lowest BCUT2D eigenvalue weighted by Gasteiger charge is -2.69. The summed E-state index contributed by atoms with van der Waals surface area (Å²) in [5.74, 6) is -12.2. The zero-order valence-electron chi connectivity index (χ0n) is 50.8.